The Balaban J connectivity index is 1.26. The largest absolute Gasteiger partial charge is 0.323 e. The molecule has 0 radical (unpaired) electrons. The topological polar surface area (TPSA) is 48.5 Å². The molecular formula is C28H36F2N4O. The number of amides is 2. The Hall–Kier alpha value is -2.80. The fourth-order valence-electron chi connectivity index (χ4n) is 5.16. The monoisotopic (exact) mass is 482 g/mol. The maximum atomic E-state index is 14.0. The lowest BCUT2D eigenvalue weighted by Gasteiger charge is -2.32. The van der Waals surface area contributed by atoms with E-state index in [-0.39, 0.29) is 17.6 Å². The molecule has 1 saturated heterocycles. The molecule has 1 aromatic carbocycles. The lowest BCUT2D eigenvalue weighted by molar-refractivity contribution is 0.0519. The molecule has 1 aromatic heterocycles. The Morgan fingerprint density at radius 2 is 2.03 bits per heavy atom. The molecule has 2 aliphatic rings. The van der Waals surface area contributed by atoms with Gasteiger partial charge in [0.25, 0.3) is 5.92 Å². The average molecular weight is 483 g/mol. The minimum absolute atomic E-state index is 0.0217. The summed E-state index contributed by atoms with van der Waals surface area (Å²) in [4.78, 5) is 21.0. The molecule has 35 heavy (non-hydrogen) atoms. The van der Waals surface area contributed by atoms with E-state index in [1.165, 1.54) is 17.8 Å². The highest BCUT2D eigenvalue weighted by Crippen LogP contribution is 2.31. The number of benzene rings is 1. The molecule has 2 aliphatic heterocycles. The van der Waals surface area contributed by atoms with Crippen LogP contribution in [0, 0.1) is 5.92 Å². The van der Waals surface area contributed by atoms with E-state index in [9.17, 15) is 13.6 Å². The number of hydrogen-bond donors (Lipinski definition) is 1. The van der Waals surface area contributed by atoms with Crippen molar-refractivity contribution < 1.29 is 13.6 Å². The van der Waals surface area contributed by atoms with E-state index in [0.717, 1.165) is 25.1 Å². The molecule has 3 heterocycles. The van der Waals surface area contributed by atoms with Gasteiger partial charge in [-0.3, -0.25) is 4.98 Å². The maximum absolute atomic E-state index is 14.0. The smallest absolute Gasteiger partial charge is 0.320 e. The normalized spacial score (nSPS) is 19.8. The number of nitrogens with one attached hydrogen (secondary N) is 1. The van der Waals surface area contributed by atoms with Crippen molar-refractivity contribution in [3.8, 4) is 0 Å². The number of likely N-dealkylation sites (tertiary alicyclic amines) is 1. The first-order valence-electron chi connectivity index (χ1n) is 12.6. The van der Waals surface area contributed by atoms with Gasteiger partial charge in [-0.25, -0.2) is 4.79 Å². The fraction of sp³-hybridized carbons (Fsp3) is 0.500. The van der Waals surface area contributed by atoms with Gasteiger partial charge in [0.2, 0.25) is 0 Å². The quantitative estimate of drug-likeness (QED) is 0.518. The minimum atomic E-state index is -3.13. The third-order valence-electron chi connectivity index (χ3n) is 7.29. The lowest BCUT2D eigenvalue weighted by atomic mass is 9.91. The second-order valence-corrected chi connectivity index (χ2v) is 10.1. The number of alkyl halides is 2. The highest BCUT2D eigenvalue weighted by atomic mass is 19.3. The van der Waals surface area contributed by atoms with E-state index in [4.69, 9.17) is 0 Å². The van der Waals surface area contributed by atoms with Gasteiger partial charge < -0.3 is 15.1 Å². The number of carbonyl (C=O) groups is 1. The molecule has 5 nitrogen and oxygen atoms in total. The van der Waals surface area contributed by atoms with Crippen molar-refractivity contribution in [3.63, 3.8) is 0 Å². The van der Waals surface area contributed by atoms with Crippen molar-refractivity contribution >= 4 is 6.03 Å². The number of urea groups is 1. The third-order valence-corrected chi connectivity index (χ3v) is 7.29. The summed E-state index contributed by atoms with van der Waals surface area (Å²) in [6.45, 7) is 10.9. The van der Waals surface area contributed by atoms with Gasteiger partial charge in [-0.05, 0) is 54.5 Å². The van der Waals surface area contributed by atoms with Crippen LogP contribution < -0.4 is 5.32 Å². The standard InChI is InChI=1S/C28H36F2N4O/c1-4-28(29,30)24-15-23-18-33(13-11-26(23)32-17-24)27(35)34-12-10-25(19-34)31-16-20(2)14-21(3)22-8-6-5-7-9-22/h4-9,15,17,20-21,25,31H,1,10-14,16,18-19H2,2-3H3. The molecule has 0 bridgehead atoms. The van der Waals surface area contributed by atoms with Crippen molar-refractivity contribution in [1.82, 2.24) is 20.1 Å². The molecule has 1 N–H and O–H groups in total. The number of halogens is 2. The summed E-state index contributed by atoms with van der Waals surface area (Å²) in [6.07, 6.45) is 4.46. The van der Waals surface area contributed by atoms with E-state index in [1.807, 2.05) is 11.0 Å². The molecule has 2 amide bonds. The van der Waals surface area contributed by atoms with Crippen LogP contribution in [-0.2, 0) is 18.9 Å². The van der Waals surface area contributed by atoms with Crippen molar-refractivity contribution in [1.29, 1.82) is 0 Å². The minimum Gasteiger partial charge on any atom is -0.323 e. The lowest BCUT2D eigenvalue weighted by Crippen LogP contribution is -2.46. The summed E-state index contributed by atoms with van der Waals surface area (Å²) in [7, 11) is 0. The number of aromatic nitrogens is 1. The van der Waals surface area contributed by atoms with Crippen molar-refractivity contribution in [2.75, 3.05) is 26.2 Å². The first-order chi connectivity index (χ1) is 16.8. The summed E-state index contributed by atoms with van der Waals surface area (Å²) in [5.74, 6) is -2.08. The average Bonchev–Trinajstić information content (AvgIpc) is 3.36. The van der Waals surface area contributed by atoms with Crippen LogP contribution in [-0.4, -0.2) is 53.0 Å². The molecule has 0 aliphatic carbocycles. The SMILES string of the molecule is C=CC(F)(F)c1cnc2c(c1)CN(C(=O)N1CCC(NCC(C)CC(C)c3ccccc3)C1)CC2. The molecule has 188 valence electrons. The van der Waals surface area contributed by atoms with E-state index in [0.29, 0.717) is 56.1 Å². The number of pyridine rings is 1. The van der Waals surface area contributed by atoms with Crippen LogP contribution in [0.25, 0.3) is 0 Å². The zero-order valence-electron chi connectivity index (χ0n) is 20.7. The molecule has 4 rings (SSSR count). The van der Waals surface area contributed by atoms with Gasteiger partial charge in [0.05, 0.1) is 0 Å². The summed E-state index contributed by atoms with van der Waals surface area (Å²) in [6, 6.07) is 12.3. The number of fused-ring (bicyclic) bond motifs is 1. The van der Waals surface area contributed by atoms with E-state index in [2.05, 4.69) is 55.0 Å². The number of hydrogen-bond acceptors (Lipinski definition) is 3. The molecule has 0 saturated carbocycles. The zero-order chi connectivity index (χ0) is 25.0. The van der Waals surface area contributed by atoms with Gasteiger partial charge >= 0.3 is 6.03 Å². The molecular weight excluding hydrogens is 446 g/mol. The Morgan fingerprint density at radius 1 is 1.26 bits per heavy atom. The molecule has 3 unspecified atom stereocenters. The van der Waals surface area contributed by atoms with E-state index < -0.39 is 5.92 Å². The molecule has 3 atom stereocenters. The first-order valence-corrected chi connectivity index (χ1v) is 12.6. The van der Waals surface area contributed by atoms with Crippen LogP contribution >= 0.6 is 0 Å². The van der Waals surface area contributed by atoms with Crippen molar-refractivity contribution in [2.45, 2.75) is 57.5 Å². The highest BCUT2D eigenvalue weighted by Gasteiger charge is 2.33. The number of nitrogens with zero attached hydrogens (tertiary/aromatic N) is 3. The summed E-state index contributed by atoms with van der Waals surface area (Å²) in [5, 5.41) is 3.66. The van der Waals surface area contributed by atoms with Crippen LogP contribution in [0.3, 0.4) is 0 Å². The summed E-state index contributed by atoms with van der Waals surface area (Å²) >= 11 is 0. The van der Waals surface area contributed by atoms with Gasteiger partial charge in [0, 0.05) is 56.1 Å². The molecule has 0 spiro atoms. The van der Waals surface area contributed by atoms with Crippen LogP contribution in [0.2, 0.25) is 0 Å². The maximum Gasteiger partial charge on any atom is 0.320 e. The summed E-state index contributed by atoms with van der Waals surface area (Å²) < 4.78 is 28.1. The van der Waals surface area contributed by atoms with Crippen molar-refractivity contribution in [3.05, 3.63) is 77.6 Å². The van der Waals surface area contributed by atoms with E-state index in [1.54, 1.807) is 4.90 Å². The molecule has 1 fully saturated rings. The Morgan fingerprint density at radius 3 is 2.77 bits per heavy atom. The first kappa shape index (κ1) is 25.3. The van der Waals surface area contributed by atoms with E-state index >= 15 is 0 Å². The number of carbonyl (C=O) groups excluding carboxylic acids is 1. The van der Waals surface area contributed by atoms with Gasteiger partial charge in [-0.1, -0.05) is 50.8 Å². The molecule has 2 aromatic rings. The second kappa shape index (κ2) is 10.9. The Labute approximate surface area is 207 Å². The predicted molar refractivity (Wildman–Crippen MR) is 134 cm³/mol. The van der Waals surface area contributed by atoms with Crippen LogP contribution in [0.5, 0.6) is 0 Å². The van der Waals surface area contributed by atoms with Gasteiger partial charge in [-0.15, -0.1) is 0 Å². The van der Waals surface area contributed by atoms with Crippen LogP contribution in [0.15, 0.2) is 55.3 Å². The fourth-order valence-corrected chi connectivity index (χ4v) is 5.16. The third kappa shape index (κ3) is 6.07. The number of rotatable bonds is 8. The van der Waals surface area contributed by atoms with Gasteiger partial charge in [-0.2, -0.15) is 8.78 Å². The van der Waals surface area contributed by atoms with Crippen LogP contribution in [0.1, 0.15) is 55.0 Å². The molecule has 7 heteroatoms. The van der Waals surface area contributed by atoms with Gasteiger partial charge in [0.1, 0.15) is 0 Å². The second-order valence-electron chi connectivity index (χ2n) is 10.1. The zero-order valence-corrected chi connectivity index (χ0v) is 20.7. The van der Waals surface area contributed by atoms with Crippen molar-refractivity contribution in [2.24, 2.45) is 5.92 Å². The van der Waals surface area contributed by atoms with Crippen LogP contribution in [0.4, 0.5) is 13.6 Å². The Bertz CT molecular complexity index is 1030. The number of allylic oxidation sites excluding steroid dienone is 1. The predicted octanol–water partition coefficient (Wildman–Crippen LogP) is 5.33. The Kier molecular flexibility index (Phi) is 7.85. The summed E-state index contributed by atoms with van der Waals surface area (Å²) in [5.41, 5.74) is 2.67. The van der Waals surface area contributed by atoms with Gasteiger partial charge in [0.15, 0.2) is 0 Å². The highest BCUT2D eigenvalue weighted by molar-refractivity contribution is 5.75.